The number of methoxy groups -OCH3 is 2. The summed E-state index contributed by atoms with van der Waals surface area (Å²) in [6.07, 6.45) is 0. The Bertz CT molecular complexity index is 754. The second-order valence-electron chi connectivity index (χ2n) is 8.08. The molecule has 0 aliphatic carbocycles. The Hall–Kier alpha value is -2.48. The number of ether oxygens (including phenoxy) is 2. The number of carbonyl (C=O) groups excluding carboxylic acids is 2. The zero-order valence-corrected chi connectivity index (χ0v) is 17.3. The van der Waals surface area contributed by atoms with Crippen molar-refractivity contribution in [1.82, 2.24) is 14.7 Å². The predicted molar refractivity (Wildman–Crippen MR) is 107 cm³/mol. The van der Waals surface area contributed by atoms with E-state index in [0.29, 0.717) is 43.4 Å². The summed E-state index contributed by atoms with van der Waals surface area (Å²) in [6.45, 7) is 5.16. The molecule has 1 N–H and O–H groups in total. The van der Waals surface area contributed by atoms with Crippen LogP contribution in [0.25, 0.3) is 0 Å². The molecule has 2 atom stereocenters. The third-order valence-electron chi connectivity index (χ3n) is 5.76. The van der Waals surface area contributed by atoms with Crippen LogP contribution in [0.15, 0.2) is 18.2 Å². The van der Waals surface area contributed by atoms with Crippen LogP contribution in [0.4, 0.5) is 10.5 Å². The number of hydrogen-bond acceptors (Lipinski definition) is 5. The Morgan fingerprint density at radius 1 is 1.14 bits per heavy atom. The summed E-state index contributed by atoms with van der Waals surface area (Å²) in [5.41, 5.74) is 0.580. The Morgan fingerprint density at radius 2 is 1.79 bits per heavy atom. The number of nitrogens with one attached hydrogen (secondary N) is 1. The molecule has 1 aromatic rings. The van der Waals surface area contributed by atoms with Gasteiger partial charge in [0, 0.05) is 62.7 Å². The van der Waals surface area contributed by atoms with Gasteiger partial charge in [-0.25, -0.2) is 4.79 Å². The van der Waals surface area contributed by atoms with Crippen LogP contribution in [0, 0.1) is 11.3 Å². The average Bonchev–Trinajstić information content (AvgIpc) is 3.14. The van der Waals surface area contributed by atoms with Gasteiger partial charge in [0.15, 0.2) is 11.5 Å². The van der Waals surface area contributed by atoms with Crippen molar-refractivity contribution in [2.75, 3.05) is 66.4 Å². The van der Waals surface area contributed by atoms with Crippen LogP contribution >= 0.6 is 0 Å². The molecule has 0 saturated carbocycles. The number of anilines is 1. The van der Waals surface area contributed by atoms with Crippen LogP contribution in [-0.4, -0.2) is 87.7 Å². The number of amides is 3. The Balaban J connectivity index is 1.72. The quantitative estimate of drug-likeness (QED) is 0.826. The number of hydrogen-bond donors (Lipinski definition) is 1. The Morgan fingerprint density at radius 3 is 2.39 bits per heavy atom. The third-order valence-corrected chi connectivity index (χ3v) is 5.76. The molecule has 154 valence electrons. The molecule has 0 radical (unpaired) electrons. The van der Waals surface area contributed by atoms with Gasteiger partial charge in [0.1, 0.15) is 0 Å². The number of urea groups is 1. The van der Waals surface area contributed by atoms with Crippen molar-refractivity contribution in [3.05, 3.63) is 18.2 Å². The normalized spacial score (nSPS) is 23.7. The lowest BCUT2D eigenvalue weighted by atomic mass is 9.80. The second-order valence-corrected chi connectivity index (χ2v) is 8.08. The van der Waals surface area contributed by atoms with E-state index in [1.807, 2.05) is 23.9 Å². The van der Waals surface area contributed by atoms with E-state index in [-0.39, 0.29) is 23.3 Å². The lowest BCUT2D eigenvalue weighted by Crippen LogP contribution is -2.44. The highest BCUT2D eigenvalue weighted by Crippen LogP contribution is 2.43. The zero-order valence-electron chi connectivity index (χ0n) is 17.3. The first-order valence-corrected chi connectivity index (χ1v) is 9.46. The summed E-state index contributed by atoms with van der Waals surface area (Å²) in [7, 11) is 7.22. The van der Waals surface area contributed by atoms with E-state index >= 15 is 0 Å². The topological polar surface area (TPSA) is 74.4 Å². The average molecular weight is 390 g/mol. The van der Waals surface area contributed by atoms with E-state index in [4.69, 9.17) is 9.47 Å². The lowest BCUT2D eigenvalue weighted by molar-refractivity contribution is -0.128. The summed E-state index contributed by atoms with van der Waals surface area (Å²) in [4.78, 5) is 30.7. The van der Waals surface area contributed by atoms with Crippen molar-refractivity contribution < 1.29 is 19.1 Å². The van der Waals surface area contributed by atoms with Crippen molar-refractivity contribution in [3.8, 4) is 11.5 Å². The van der Waals surface area contributed by atoms with Crippen LogP contribution in [0.3, 0.4) is 0 Å². The third kappa shape index (κ3) is 3.87. The van der Waals surface area contributed by atoms with Crippen LogP contribution < -0.4 is 14.8 Å². The number of rotatable bonds is 5. The monoisotopic (exact) mass is 390 g/mol. The molecule has 0 spiro atoms. The second kappa shape index (κ2) is 7.87. The summed E-state index contributed by atoms with van der Waals surface area (Å²) in [5.74, 6) is 1.58. The minimum absolute atomic E-state index is 0.0793. The van der Waals surface area contributed by atoms with Gasteiger partial charge < -0.3 is 29.5 Å². The van der Waals surface area contributed by atoms with Crippen molar-refractivity contribution in [3.63, 3.8) is 0 Å². The van der Waals surface area contributed by atoms with E-state index in [2.05, 4.69) is 10.2 Å². The number of benzene rings is 1. The van der Waals surface area contributed by atoms with Crippen molar-refractivity contribution in [2.24, 2.45) is 11.3 Å². The minimum Gasteiger partial charge on any atom is -0.493 e. The highest BCUT2D eigenvalue weighted by molar-refractivity contribution is 5.90. The van der Waals surface area contributed by atoms with Crippen molar-refractivity contribution in [1.29, 1.82) is 0 Å². The van der Waals surface area contributed by atoms with Crippen molar-refractivity contribution >= 4 is 17.6 Å². The Labute approximate surface area is 166 Å². The highest BCUT2D eigenvalue weighted by atomic mass is 16.5. The molecule has 0 aromatic heterocycles. The fourth-order valence-corrected chi connectivity index (χ4v) is 4.54. The van der Waals surface area contributed by atoms with Gasteiger partial charge in [-0.2, -0.15) is 0 Å². The molecule has 2 aliphatic rings. The molecule has 8 nitrogen and oxygen atoms in total. The first kappa shape index (κ1) is 20.3. The number of nitrogens with zero attached hydrogens (tertiary/aromatic N) is 3. The molecule has 2 fully saturated rings. The Kier molecular flexibility index (Phi) is 5.69. The molecule has 3 amide bonds. The zero-order chi connectivity index (χ0) is 20.5. The van der Waals surface area contributed by atoms with Gasteiger partial charge >= 0.3 is 6.03 Å². The van der Waals surface area contributed by atoms with Gasteiger partial charge in [0.05, 0.1) is 14.2 Å². The largest absolute Gasteiger partial charge is 0.493 e. The summed E-state index contributed by atoms with van der Waals surface area (Å²) in [5, 5.41) is 2.96. The molecule has 0 bridgehead atoms. The van der Waals surface area contributed by atoms with Crippen LogP contribution in [0.5, 0.6) is 11.5 Å². The highest BCUT2D eigenvalue weighted by Gasteiger charge is 2.54. The molecule has 2 saturated heterocycles. The van der Waals surface area contributed by atoms with Gasteiger partial charge in [0.25, 0.3) is 0 Å². The van der Waals surface area contributed by atoms with E-state index in [1.165, 1.54) is 0 Å². The first-order valence-electron chi connectivity index (χ1n) is 9.46. The maximum absolute atomic E-state index is 12.9. The van der Waals surface area contributed by atoms with E-state index < -0.39 is 0 Å². The van der Waals surface area contributed by atoms with E-state index in [0.717, 1.165) is 6.54 Å². The summed E-state index contributed by atoms with van der Waals surface area (Å²) < 4.78 is 10.5. The predicted octanol–water partition coefficient (Wildman–Crippen LogP) is 1.58. The molecule has 28 heavy (non-hydrogen) atoms. The van der Waals surface area contributed by atoms with Crippen molar-refractivity contribution in [2.45, 2.75) is 6.92 Å². The summed E-state index contributed by atoms with van der Waals surface area (Å²) in [6, 6.07) is 5.18. The minimum atomic E-state index is -0.130. The molecule has 3 rings (SSSR count). The fraction of sp³-hybridized carbons (Fsp3) is 0.600. The van der Waals surface area contributed by atoms with E-state index in [9.17, 15) is 9.59 Å². The fourth-order valence-electron chi connectivity index (χ4n) is 4.54. The van der Waals surface area contributed by atoms with Crippen LogP contribution in [-0.2, 0) is 4.79 Å². The molecule has 2 unspecified atom stereocenters. The lowest BCUT2D eigenvalue weighted by Gasteiger charge is -2.32. The van der Waals surface area contributed by atoms with Gasteiger partial charge in [0.2, 0.25) is 5.91 Å². The molecule has 2 aliphatic heterocycles. The van der Waals surface area contributed by atoms with Gasteiger partial charge in [-0.05, 0) is 26.2 Å². The molecular weight excluding hydrogens is 360 g/mol. The van der Waals surface area contributed by atoms with Gasteiger partial charge in [-0.15, -0.1) is 0 Å². The number of carbonyl (C=O) groups is 2. The SMILES string of the molecule is COc1ccc(NC(=O)N2CC3CN(C(C)=O)CC3(CN(C)C)C2)cc1OC. The van der Waals surface area contributed by atoms with Crippen LogP contribution in [0.2, 0.25) is 0 Å². The van der Waals surface area contributed by atoms with E-state index in [1.54, 1.807) is 39.3 Å². The number of likely N-dealkylation sites (tertiary alicyclic amines) is 2. The maximum atomic E-state index is 12.9. The first-order chi connectivity index (χ1) is 13.3. The molecule has 8 heteroatoms. The smallest absolute Gasteiger partial charge is 0.321 e. The van der Waals surface area contributed by atoms with Gasteiger partial charge in [-0.1, -0.05) is 0 Å². The number of fused-ring (bicyclic) bond motifs is 1. The summed E-state index contributed by atoms with van der Waals surface area (Å²) >= 11 is 0. The van der Waals surface area contributed by atoms with Crippen LogP contribution in [0.1, 0.15) is 6.92 Å². The standard InChI is InChI=1S/C20H30N4O4/c1-14(25)23-9-15-10-24(13-20(15,12-23)11-22(2)3)19(26)21-16-6-7-17(27-4)18(8-16)28-5/h6-8,15H,9-13H2,1-5H3,(H,21,26). The molecule has 2 heterocycles. The van der Waals surface area contributed by atoms with Gasteiger partial charge in [-0.3, -0.25) is 4.79 Å². The molecular formula is C20H30N4O4. The maximum Gasteiger partial charge on any atom is 0.321 e. The molecule has 1 aromatic carbocycles.